The van der Waals surface area contributed by atoms with E-state index in [9.17, 15) is 19.7 Å². The van der Waals surface area contributed by atoms with Crippen LogP contribution in [0.2, 0.25) is 10.0 Å². The van der Waals surface area contributed by atoms with Crippen molar-refractivity contribution in [3.63, 3.8) is 0 Å². The van der Waals surface area contributed by atoms with Crippen molar-refractivity contribution >= 4 is 73.9 Å². The summed E-state index contributed by atoms with van der Waals surface area (Å²) in [5.74, 6) is -1.05. The van der Waals surface area contributed by atoms with Crippen LogP contribution in [0.5, 0.6) is 0 Å². The number of hydrogen-bond acceptors (Lipinski definition) is 6. The number of halogens is 2. The number of rotatable bonds is 7. The van der Waals surface area contributed by atoms with Gasteiger partial charge in [-0.3, -0.25) is 19.7 Å². The Morgan fingerprint density at radius 1 is 0.592 bits per heavy atom. The summed E-state index contributed by atoms with van der Waals surface area (Å²) in [6.45, 7) is 0. The summed E-state index contributed by atoms with van der Waals surface area (Å²) in [5.41, 5.74) is 4.19. The van der Waals surface area contributed by atoms with E-state index in [0.29, 0.717) is 48.8 Å². The van der Waals surface area contributed by atoms with Gasteiger partial charge in [0.2, 0.25) is 0 Å². The average molecular weight is 685 g/mol. The quantitative estimate of drug-likeness (QED) is 0.127. The molecule has 49 heavy (non-hydrogen) atoms. The van der Waals surface area contributed by atoms with Gasteiger partial charge in [0, 0.05) is 43.7 Å². The molecule has 0 aliphatic rings. The molecule has 2 heterocycles. The van der Waals surface area contributed by atoms with Crippen molar-refractivity contribution in [2.24, 2.45) is 0 Å². The van der Waals surface area contributed by atoms with Gasteiger partial charge in [0.1, 0.15) is 5.69 Å². The molecular weight excluding hydrogens is 661 g/mol. The number of nitrogens with one attached hydrogen (secondary N) is 2. The van der Waals surface area contributed by atoms with Crippen molar-refractivity contribution < 1.29 is 14.5 Å². The van der Waals surface area contributed by atoms with Crippen LogP contribution in [0.25, 0.3) is 44.3 Å². The van der Waals surface area contributed by atoms with E-state index in [4.69, 9.17) is 33.2 Å². The molecule has 9 nitrogen and oxygen atoms in total. The van der Waals surface area contributed by atoms with E-state index in [2.05, 4.69) is 10.6 Å². The number of pyridine rings is 2. The van der Waals surface area contributed by atoms with E-state index < -0.39 is 16.7 Å². The molecule has 0 aliphatic carbocycles. The number of para-hydroxylation sites is 2. The van der Waals surface area contributed by atoms with Crippen molar-refractivity contribution in [2.75, 3.05) is 10.6 Å². The second-order valence-electron chi connectivity index (χ2n) is 11.1. The lowest BCUT2D eigenvalue weighted by atomic mass is 10.0. The molecule has 0 spiro atoms. The normalized spacial score (nSPS) is 11.0. The third-order valence-electron chi connectivity index (χ3n) is 7.90. The van der Waals surface area contributed by atoms with Crippen LogP contribution in [0.4, 0.5) is 17.1 Å². The zero-order valence-corrected chi connectivity index (χ0v) is 26.9. The van der Waals surface area contributed by atoms with Crippen molar-refractivity contribution in [1.29, 1.82) is 0 Å². The summed E-state index contributed by atoms with van der Waals surface area (Å²) < 4.78 is 0. The largest absolute Gasteiger partial charge is 0.322 e. The van der Waals surface area contributed by atoms with Crippen LogP contribution in [-0.4, -0.2) is 26.7 Å². The van der Waals surface area contributed by atoms with Gasteiger partial charge in [-0.05, 0) is 60.7 Å². The maximum Gasteiger partial charge on any atom is 0.292 e. The van der Waals surface area contributed by atoms with Gasteiger partial charge >= 0.3 is 0 Å². The molecule has 0 saturated heterocycles. The third kappa shape index (κ3) is 6.53. The summed E-state index contributed by atoms with van der Waals surface area (Å²) in [5, 5.41) is 19.9. The first-order chi connectivity index (χ1) is 23.7. The Morgan fingerprint density at radius 3 is 1.55 bits per heavy atom. The fourth-order valence-corrected chi connectivity index (χ4v) is 5.78. The Hall–Kier alpha value is -6.16. The Labute approximate surface area is 289 Å². The van der Waals surface area contributed by atoms with Crippen LogP contribution in [0.15, 0.2) is 127 Å². The molecule has 0 saturated carbocycles. The Bertz CT molecular complexity index is 2430. The second-order valence-corrected chi connectivity index (χ2v) is 11.9. The second kappa shape index (κ2) is 13.2. The van der Waals surface area contributed by atoms with E-state index in [-0.39, 0.29) is 22.6 Å². The van der Waals surface area contributed by atoms with Gasteiger partial charge in [-0.25, -0.2) is 9.97 Å². The minimum Gasteiger partial charge on any atom is -0.322 e. The Balaban J connectivity index is 1.23. The van der Waals surface area contributed by atoms with Crippen LogP contribution < -0.4 is 10.6 Å². The first-order valence-corrected chi connectivity index (χ1v) is 15.7. The molecule has 0 radical (unpaired) electrons. The standard InChI is InChI=1S/C38H23Cl2N5O4/c39-24-13-9-22(10-14-24)33-20-29(27-5-1-3-7-31(27)42-33)37(46)41-26-17-18-36(45(48)49)35(19-26)44-38(47)30-21-34(23-11-15-25(40)16-12-23)43-32-8-4-2-6-28(30)32/h1-21H,(H,41,46)(H,44,47). The van der Waals surface area contributed by atoms with Gasteiger partial charge in [-0.1, -0.05) is 83.9 Å². The van der Waals surface area contributed by atoms with E-state index >= 15 is 0 Å². The molecule has 238 valence electrons. The van der Waals surface area contributed by atoms with Gasteiger partial charge in [0.25, 0.3) is 17.5 Å². The van der Waals surface area contributed by atoms with E-state index in [1.54, 1.807) is 72.8 Å². The van der Waals surface area contributed by atoms with Crippen LogP contribution in [0.3, 0.4) is 0 Å². The number of nitrogens with zero attached hydrogens (tertiary/aromatic N) is 3. The number of nitro benzene ring substituents is 1. The summed E-state index contributed by atoms with van der Waals surface area (Å²) in [4.78, 5) is 48.5. The lowest BCUT2D eigenvalue weighted by molar-refractivity contribution is -0.383. The van der Waals surface area contributed by atoms with Gasteiger partial charge in [-0.15, -0.1) is 0 Å². The number of carbonyl (C=O) groups excluding carboxylic acids is 2. The zero-order valence-electron chi connectivity index (χ0n) is 25.4. The number of aromatic nitrogens is 2. The highest BCUT2D eigenvalue weighted by Gasteiger charge is 2.22. The van der Waals surface area contributed by atoms with Crippen LogP contribution in [0.1, 0.15) is 20.7 Å². The summed E-state index contributed by atoms with van der Waals surface area (Å²) >= 11 is 12.2. The molecule has 2 aromatic heterocycles. The SMILES string of the molecule is O=C(Nc1ccc([N+](=O)[O-])c(NC(=O)c2cc(-c3ccc(Cl)cc3)nc3ccccc23)c1)c1cc(-c2ccc(Cl)cc2)nc2ccccc12. The first-order valence-electron chi connectivity index (χ1n) is 15.0. The highest BCUT2D eigenvalue weighted by Crippen LogP contribution is 2.32. The lowest BCUT2D eigenvalue weighted by Gasteiger charge is -2.13. The number of fused-ring (bicyclic) bond motifs is 2. The van der Waals surface area contributed by atoms with Gasteiger partial charge < -0.3 is 10.6 Å². The van der Waals surface area contributed by atoms with Gasteiger partial charge in [-0.2, -0.15) is 0 Å². The van der Waals surface area contributed by atoms with Gasteiger partial charge in [0.15, 0.2) is 0 Å². The van der Waals surface area contributed by atoms with Crippen molar-refractivity contribution in [3.8, 4) is 22.5 Å². The molecular formula is C38H23Cl2N5O4. The highest BCUT2D eigenvalue weighted by molar-refractivity contribution is 6.31. The van der Waals surface area contributed by atoms with E-state index in [1.807, 2.05) is 36.4 Å². The van der Waals surface area contributed by atoms with E-state index in [0.717, 1.165) is 11.1 Å². The Morgan fingerprint density at radius 2 is 1.06 bits per heavy atom. The molecule has 7 rings (SSSR count). The first kappa shape index (κ1) is 31.4. The fourth-order valence-electron chi connectivity index (χ4n) is 5.52. The maximum atomic E-state index is 13.9. The molecule has 0 fully saturated rings. The molecule has 2 amide bonds. The maximum absolute atomic E-state index is 13.9. The van der Waals surface area contributed by atoms with Crippen molar-refractivity contribution in [1.82, 2.24) is 9.97 Å². The molecule has 5 aromatic carbocycles. The molecule has 7 aromatic rings. The average Bonchev–Trinajstić information content (AvgIpc) is 3.11. The van der Waals surface area contributed by atoms with Crippen LogP contribution in [0, 0.1) is 10.1 Å². The van der Waals surface area contributed by atoms with Gasteiger partial charge in [0.05, 0.1) is 38.5 Å². The zero-order chi connectivity index (χ0) is 34.1. The number of amides is 2. The van der Waals surface area contributed by atoms with E-state index in [1.165, 1.54) is 18.2 Å². The number of carbonyl (C=O) groups is 2. The van der Waals surface area contributed by atoms with Crippen molar-refractivity contribution in [2.45, 2.75) is 0 Å². The van der Waals surface area contributed by atoms with Crippen LogP contribution in [-0.2, 0) is 0 Å². The van der Waals surface area contributed by atoms with Crippen LogP contribution >= 0.6 is 23.2 Å². The Kier molecular flexibility index (Phi) is 8.44. The summed E-state index contributed by atoms with van der Waals surface area (Å²) in [7, 11) is 0. The third-order valence-corrected chi connectivity index (χ3v) is 8.40. The molecule has 0 atom stereocenters. The minimum absolute atomic E-state index is 0.0943. The number of benzene rings is 5. The monoisotopic (exact) mass is 683 g/mol. The molecule has 0 bridgehead atoms. The summed E-state index contributed by atoms with van der Waals surface area (Å²) in [6.07, 6.45) is 0. The summed E-state index contributed by atoms with van der Waals surface area (Å²) in [6, 6.07) is 35.9. The predicted octanol–water partition coefficient (Wildman–Crippen LogP) is 9.84. The molecule has 2 N–H and O–H groups in total. The van der Waals surface area contributed by atoms with Crippen molar-refractivity contribution in [3.05, 3.63) is 159 Å². The molecule has 11 heteroatoms. The predicted molar refractivity (Wildman–Crippen MR) is 193 cm³/mol. The number of nitro groups is 1. The fraction of sp³-hybridized carbons (Fsp3) is 0. The number of hydrogen-bond donors (Lipinski definition) is 2. The number of anilines is 2. The minimum atomic E-state index is -0.597. The molecule has 0 aliphatic heterocycles. The lowest BCUT2D eigenvalue weighted by Crippen LogP contribution is -2.16. The molecule has 0 unspecified atom stereocenters. The smallest absolute Gasteiger partial charge is 0.292 e. The highest BCUT2D eigenvalue weighted by atomic mass is 35.5. The topological polar surface area (TPSA) is 127 Å².